The van der Waals surface area contributed by atoms with Crippen LogP contribution in [-0.4, -0.2) is 15.9 Å². The minimum absolute atomic E-state index is 0.200. The molecule has 112 valence electrons. The van der Waals surface area contributed by atoms with Crippen molar-refractivity contribution in [2.75, 3.05) is 0 Å². The van der Waals surface area contributed by atoms with Crippen molar-refractivity contribution >= 4 is 28.6 Å². The molecule has 0 bridgehead atoms. The van der Waals surface area contributed by atoms with E-state index in [9.17, 15) is 4.79 Å². The summed E-state index contributed by atoms with van der Waals surface area (Å²) >= 11 is 3.08. The summed E-state index contributed by atoms with van der Waals surface area (Å²) in [6, 6.07) is 9.96. The van der Waals surface area contributed by atoms with Gasteiger partial charge in [-0.1, -0.05) is 30.3 Å². The number of carbonyl (C=O) groups excluding carboxylic acids is 1. The van der Waals surface area contributed by atoms with Crippen molar-refractivity contribution < 1.29 is 9.53 Å². The van der Waals surface area contributed by atoms with E-state index in [-0.39, 0.29) is 19.0 Å². The lowest BCUT2D eigenvalue weighted by Gasteiger charge is -2.01. The molecule has 0 atom stereocenters. The van der Waals surface area contributed by atoms with Crippen LogP contribution in [0, 0.1) is 6.92 Å². The van der Waals surface area contributed by atoms with E-state index in [2.05, 4.69) is 9.97 Å². The molecule has 0 radical (unpaired) electrons. The van der Waals surface area contributed by atoms with Gasteiger partial charge in [0.25, 0.3) is 0 Å². The third-order valence-corrected chi connectivity index (χ3v) is 4.71. The summed E-state index contributed by atoms with van der Waals surface area (Å²) in [5.74, 6) is -0.278. The van der Waals surface area contributed by atoms with Gasteiger partial charge in [0.1, 0.15) is 11.6 Å². The molecule has 0 aliphatic rings. The van der Waals surface area contributed by atoms with Gasteiger partial charge in [-0.15, -0.1) is 22.7 Å². The zero-order valence-electron chi connectivity index (χ0n) is 12.0. The number of ether oxygens (including phenoxy) is 1. The Balaban J connectivity index is 1.56. The quantitative estimate of drug-likeness (QED) is 0.667. The van der Waals surface area contributed by atoms with Crippen molar-refractivity contribution in [2.45, 2.75) is 20.0 Å². The second-order valence-electron chi connectivity index (χ2n) is 4.71. The molecule has 0 amide bonds. The molecular formula is C16H14N2O2S2. The third-order valence-electron chi connectivity index (χ3n) is 2.95. The van der Waals surface area contributed by atoms with E-state index in [0.29, 0.717) is 0 Å². The number of thiazole rings is 2. The standard InChI is InChI=1S/C16H14N2O2S2/c1-11-17-13(9-21-11)7-15(19)20-8-14-10-22-16(18-14)12-5-3-2-4-6-12/h2-6,9-10H,7-8H2,1H3. The number of esters is 1. The number of hydrogen-bond donors (Lipinski definition) is 0. The summed E-state index contributed by atoms with van der Waals surface area (Å²) < 4.78 is 5.26. The Bertz CT molecular complexity index is 765. The van der Waals surface area contributed by atoms with Gasteiger partial charge in [0.2, 0.25) is 0 Å². The zero-order chi connectivity index (χ0) is 15.4. The van der Waals surface area contributed by atoms with Crippen molar-refractivity contribution in [1.29, 1.82) is 0 Å². The Hall–Kier alpha value is -2.05. The van der Waals surface area contributed by atoms with Crippen LogP contribution in [0.25, 0.3) is 10.6 Å². The molecular weight excluding hydrogens is 316 g/mol. The van der Waals surface area contributed by atoms with E-state index >= 15 is 0 Å². The van der Waals surface area contributed by atoms with Crippen LogP contribution in [0.2, 0.25) is 0 Å². The highest BCUT2D eigenvalue weighted by Crippen LogP contribution is 2.23. The van der Waals surface area contributed by atoms with Crippen molar-refractivity contribution in [3.63, 3.8) is 0 Å². The fourth-order valence-electron chi connectivity index (χ4n) is 1.93. The molecule has 0 fully saturated rings. The highest BCUT2D eigenvalue weighted by Gasteiger charge is 2.10. The molecule has 0 aliphatic carbocycles. The molecule has 6 heteroatoms. The summed E-state index contributed by atoms with van der Waals surface area (Å²) in [5, 5.41) is 5.69. The average Bonchev–Trinajstić information content (AvgIpc) is 3.15. The maximum absolute atomic E-state index is 11.8. The summed E-state index contributed by atoms with van der Waals surface area (Å²) in [6.07, 6.45) is 0.208. The predicted octanol–water partition coefficient (Wildman–Crippen LogP) is 3.86. The normalized spacial score (nSPS) is 10.6. The molecule has 0 unspecified atom stereocenters. The van der Waals surface area contributed by atoms with Gasteiger partial charge in [0.05, 0.1) is 22.8 Å². The monoisotopic (exact) mass is 330 g/mol. The van der Waals surface area contributed by atoms with Gasteiger partial charge in [-0.2, -0.15) is 0 Å². The molecule has 2 heterocycles. The lowest BCUT2D eigenvalue weighted by molar-refractivity contribution is -0.144. The SMILES string of the molecule is Cc1nc(CC(=O)OCc2csc(-c3ccccc3)n2)cs1. The minimum Gasteiger partial charge on any atom is -0.459 e. The number of hydrogen-bond acceptors (Lipinski definition) is 6. The zero-order valence-corrected chi connectivity index (χ0v) is 13.6. The van der Waals surface area contributed by atoms with Crippen molar-refractivity contribution in [1.82, 2.24) is 9.97 Å². The van der Waals surface area contributed by atoms with Crippen molar-refractivity contribution in [3.05, 3.63) is 57.5 Å². The van der Waals surface area contributed by atoms with Crippen LogP contribution in [-0.2, 0) is 22.6 Å². The average molecular weight is 330 g/mol. The first-order valence-electron chi connectivity index (χ1n) is 6.77. The van der Waals surface area contributed by atoms with E-state index in [4.69, 9.17) is 4.74 Å². The predicted molar refractivity (Wildman–Crippen MR) is 87.9 cm³/mol. The number of benzene rings is 1. The smallest absolute Gasteiger partial charge is 0.312 e. The van der Waals surface area contributed by atoms with E-state index in [1.54, 1.807) is 11.3 Å². The van der Waals surface area contributed by atoms with Crippen molar-refractivity contribution in [2.24, 2.45) is 0 Å². The molecule has 0 aliphatic heterocycles. The van der Waals surface area contributed by atoms with Gasteiger partial charge in [-0.05, 0) is 6.92 Å². The van der Waals surface area contributed by atoms with E-state index in [1.807, 2.05) is 48.0 Å². The van der Waals surface area contributed by atoms with Crippen LogP contribution >= 0.6 is 22.7 Å². The number of carbonyl (C=O) groups is 1. The van der Waals surface area contributed by atoms with Crippen LogP contribution < -0.4 is 0 Å². The fraction of sp³-hybridized carbons (Fsp3) is 0.188. The Labute approximate surface area is 136 Å². The lowest BCUT2D eigenvalue weighted by atomic mass is 10.2. The maximum atomic E-state index is 11.8. The number of nitrogens with zero attached hydrogens (tertiary/aromatic N) is 2. The molecule has 1 aromatic carbocycles. The van der Waals surface area contributed by atoms with Crippen molar-refractivity contribution in [3.8, 4) is 10.6 Å². The first-order valence-corrected chi connectivity index (χ1v) is 8.53. The summed E-state index contributed by atoms with van der Waals surface area (Å²) in [6.45, 7) is 2.12. The molecule has 0 spiro atoms. The highest BCUT2D eigenvalue weighted by molar-refractivity contribution is 7.13. The molecule has 4 nitrogen and oxygen atoms in total. The number of aryl methyl sites for hydroxylation is 1. The van der Waals surface area contributed by atoms with Crippen LogP contribution in [0.3, 0.4) is 0 Å². The van der Waals surface area contributed by atoms with E-state index in [1.165, 1.54) is 11.3 Å². The summed E-state index contributed by atoms with van der Waals surface area (Å²) in [4.78, 5) is 20.5. The second kappa shape index (κ2) is 6.81. The van der Waals surface area contributed by atoms with Gasteiger partial charge in [0.15, 0.2) is 0 Å². The second-order valence-corrected chi connectivity index (χ2v) is 6.63. The molecule has 0 saturated carbocycles. The molecule has 3 rings (SSSR count). The first kappa shape index (κ1) is 14.9. The molecule has 22 heavy (non-hydrogen) atoms. The topological polar surface area (TPSA) is 52.1 Å². The van der Waals surface area contributed by atoms with Gasteiger partial charge in [-0.25, -0.2) is 9.97 Å². The first-order chi connectivity index (χ1) is 10.7. The highest BCUT2D eigenvalue weighted by atomic mass is 32.1. The largest absolute Gasteiger partial charge is 0.459 e. The van der Waals surface area contributed by atoms with Crippen LogP contribution in [0.4, 0.5) is 0 Å². The van der Waals surface area contributed by atoms with Gasteiger partial charge < -0.3 is 4.74 Å². The van der Waals surface area contributed by atoms with Crippen LogP contribution in [0.1, 0.15) is 16.4 Å². The van der Waals surface area contributed by atoms with Gasteiger partial charge in [0, 0.05) is 16.3 Å². The Morgan fingerprint density at radius 1 is 1.09 bits per heavy atom. The summed E-state index contributed by atoms with van der Waals surface area (Å²) in [5.41, 5.74) is 2.60. The van der Waals surface area contributed by atoms with E-state index < -0.39 is 0 Å². The van der Waals surface area contributed by atoms with Gasteiger partial charge >= 0.3 is 5.97 Å². The molecule has 0 saturated heterocycles. The molecule has 3 aromatic rings. The Morgan fingerprint density at radius 2 is 1.86 bits per heavy atom. The molecule has 0 N–H and O–H groups in total. The lowest BCUT2D eigenvalue weighted by Crippen LogP contribution is -2.08. The third kappa shape index (κ3) is 3.78. The fourth-order valence-corrected chi connectivity index (χ4v) is 3.35. The Kier molecular flexibility index (Phi) is 4.60. The van der Waals surface area contributed by atoms with Crippen LogP contribution in [0.15, 0.2) is 41.1 Å². The number of rotatable bonds is 5. The van der Waals surface area contributed by atoms with Gasteiger partial charge in [-0.3, -0.25) is 4.79 Å². The Morgan fingerprint density at radius 3 is 2.59 bits per heavy atom. The minimum atomic E-state index is -0.278. The molecule has 2 aromatic heterocycles. The van der Waals surface area contributed by atoms with E-state index in [0.717, 1.165) is 27.0 Å². The summed E-state index contributed by atoms with van der Waals surface area (Å²) in [7, 11) is 0. The maximum Gasteiger partial charge on any atom is 0.312 e. The van der Waals surface area contributed by atoms with Crippen LogP contribution in [0.5, 0.6) is 0 Å². The number of aromatic nitrogens is 2.